The Morgan fingerprint density at radius 1 is 0.735 bits per heavy atom. The molecule has 0 fully saturated rings. The van der Waals surface area contributed by atoms with Crippen LogP contribution < -0.4 is 20.1 Å². The monoisotopic (exact) mass is 475 g/mol. The molecule has 0 amide bonds. The summed E-state index contributed by atoms with van der Waals surface area (Å²) in [5.41, 5.74) is 3.29. The lowest BCUT2D eigenvalue weighted by molar-refractivity contribution is 0.403. The molecule has 4 aromatic rings. The second-order valence-electron chi connectivity index (χ2n) is 7.64. The van der Waals surface area contributed by atoms with Crippen LogP contribution in [0.3, 0.4) is 0 Å². The van der Waals surface area contributed by atoms with Crippen molar-refractivity contribution in [3.05, 3.63) is 90.3 Å². The van der Waals surface area contributed by atoms with Crippen molar-refractivity contribution < 1.29 is 13.2 Å². The van der Waals surface area contributed by atoms with Crippen LogP contribution in [0, 0.1) is 13.8 Å². The van der Waals surface area contributed by atoms with Crippen LogP contribution in [0.2, 0.25) is 0 Å². The summed E-state index contributed by atoms with van der Waals surface area (Å²) in [6.45, 7) is 3.86. The minimum Gasteiger partial charge on any atom is -0.495 e. The zero-order valence-corrected chi connectivity index (χ0v) is 19.8. The molecule has 0 saturated heterocycles. The SMILES string of the molecule is COc1ccccc1S(=O)(=O)Nc1ccc(Nc2cc(Nc3ccc(C)cc3)nc(C)n2)cc1. The number of para-hydroxylation sites is 1. The highest BCUT2D eigenvalue weighted by Crippen LogP contribution is 2.26. The molecule has 0 atom stereocenters. The van der Waals surface area contributed by atoms with E-state index in [4.69, 9.17) is 4.74 Å². The first-order chi connectivity index (χ1) is 16.3. The number of aryl methyl sites for hydroxylation is 2. The van der Waals surface area contributed by atoms with E-state index in [2.05, 4.69) is 25.3 Å². The van der Waals surface area contributed by atoms with Crippen LogP contribution in [-0.2, 0) is 10.0 Å². The molecule has 0 spiro atoms. The molecule has 174 valence electrons. The Hall–Kier alpha value is -4.11. The molecule has 8 nitrogen and oxygen atoms in total. The van der Waals surface area contributed by atoms with Crippen molar-refractivity contribution in [2.45, 2.75) is 18.7 Å². The van der Waals surface area contributed by atoms with Crippen LogP contribution in [0.15, 0.2) is 83.8 Å². The van der Waals surface area contributed by atoms with Gasteiger partial charge >= 0.3 is 0 Å². The van der Waals surface area contributed by atoms with Crippen LogP contribution in [0.5, 0.6) is 5.75 Å². The quantitative estimate of drug-likeness (QED) is 0.314. The highest BCUT2D eigenvalue weighted by atomic mass is 32.2. The molecular formula is C25H25N5O3S. The number of nitrogens with zero attached hydrogens (tertiary/aromatic N) is 2. The highest BCUT2D eigenvalue weighted by Gasteiger charge is 2.19. The molecule has 0 aliphatic heterocycles. The summed E-state index contributed by atoms with van der Waals surface area (Å²) >= 11 is 0. The highest BCUT2D eigenvalue weighted by molar-refractivity contribution is 7.92. The summed E-state index contributed by atoms with van der Waals surface area (Å²) in [6.07, 6.45) is 0. The lowest BCUT2D eigenvalue weighted by atomic mass is 10.2. The fourth-order valence-electron chi connectivity index (χ4n) is 3.30. The van der Waals surface area contributed by atoms with E-state index in [9.17, 15) is 8.42 Å². The summed E-state index contributed by atoms with van der Waals surface area (Å²) in [4.78, 5) is 8.95. The standard InChI is InChI=1S/C25H25N5O3S/c1-17-8-10-19(11-9-17)28-24-16-25(27-18(2)26-24)29-20-12-14-21(15-13-20)30-34(31,32)23-7-5-4-6-22(23)33-3/h4-16,30H,1-3H3,(H2,26,27,28,29). The average molecular weight is 476 g/mol. The van der Waals surface area contributed by atoms with E-state index in [0.29, 0.717) is 23.1 Å². The van der Waals surface area contributed by atoms with Gasteiger partial charge in [0.2, 0.25) is 0 Å². The predicted molar refractivity (Wildman–Crippen MR) is 135 cm³/mol. The molecular weight excluding hydrogens is 450 g/mol. The first-order valence-electron chi connectivity index (χ1n) is 10.5. The van der Waals surface area contributed by atoms with E-state index in [1.807, 2.05) is 44.2 Å². The minimum absolute atomic E-state index is 0.0739. The molecule has 0 aliphatic carbocycles. The number of anilines is 5. The molecule has 0 bridgehead atoms. The number of ether oxygens (including phenoxy) is 1. The molecule has 0 aliphatic rings. The number of benzene rings is 3. The zero-order chi connectivity index (χ0) is 24.1. The van der Waals surface area contributed by atoms with Crippen LogP contribution in [0.4, 0.5) is 28.7 Å². The lowest BCUT2D eigenvalue weighted by Gasteiger charge is -2.13. The van der Waals surface area contributed by atoms with Gasteiger partial charge in [-0.1, -0.05) is 29.8 Å². The Morgan fingerprint density at radius 2 is 1.26 bits per heavy atom. The maximum absolute atomic E-state index is 12.8. The Bertz CT molecular complexity index is 1390. The molecule has 0 radical (unpaired) electrons. The predicted octanol–water partition coefficient (Wildman–Crippen LogP) is 5.39. The number of hydrogen-bond acceptors (Lipinski definition) is 7. The third-order valence-corrected chi connectivity index (χ3v) is 6.35. The van der Waals surface area contributed by atoms with Crippen molar-refractivity contribution in [3.8, 4) is 5.75 Å². The molecule has 1 aromatic heterocycles. The Kier molecular flexibility index (Phi) is 6.65. The summed E-state index contributed by atoms with van der Waals surface area (Å²) in [5.74, 6) is 2.17. The Morgan fingerprint density at radius 3 is 1.85 bits per heavy atom. The third-order valence-electron chi connectivity index (χ3n) is 4.93. The smallest absolute Gasteiger partial charge is 0.265 e. The molecule has 1 heterocycles. The van der Waals surface area contributed by atoms with Gasteiger partial charge in [0.05, 0.1) is 7.11 Å². The number of sulfonamides is 1. The van der Waals surface area contributed by atoms with E-state index in [1.54, 1.807) is 42.5 Å². The first kappa shape index (κ1) is 23.1. The fourth-order valence-corrected chi connectivity index (χ4v) is 4.53. The van der Waals surface area contributed by atoms with Gasteiger partial charge in [-0.25, -0.2) is 18.4 Å². The maximum Gasteiger partial charge on any atom is 0.265 e. The summed E-state index contributed by atoms with van der Waals surface area (Å²) < 4.78 is 33.3. The number of methoxy groups -OCH3 is 1. The molecule has 34 heavy (non-hydrogen) atoms. The van der Waals surface area contributed by atoms with Gasteiger partial charge in [0.15, 0.2) is 0 Å². The van der Waals surface area contributed by atoms with Crippen molar-refractivity contribution in [2.24, 2.45) is 0 Å². The number of hydrogen-bond donors (Lipinski definition) is 3. The summed E-state index contributed by atoms with van der Waals surface area (Å²) in [6, 6.07) is 23.2. The van der Waals surface area contributed by atoms with E-state index in [0.717, 1.165) is 11.4 Å². The van der Waals surface area contributed by atoms with Gasteiger partial charge in [0, 0.05) is 23.1 Å². The van der Waals surface area contributed by atoms with Gasteiger partial charge in [-0.3, -0.25) is 4.72 Å². The second-order valence-corrected chi connectivity index (χ2v) is 9.29. The number of rotatable bonds is 8. The Balaban J connectivity index is 1.47. The van der Waals surface area contributed by atoms with Crippen molar-refractivity contribution in [2.75, 3.05) is 22.5 Å². The largest absolute Gasteiger partial charge is 0.495 e. The summed E-state index contributed by atoms with van der Waals surface area (Å²) in [7, 11) is -2.36. The molecule has 0 saturated carbocycles. The third kappa shape index (κ3) is 5.62. The van der Waals surface area contributed by atoms with Crippen LogP contribution in [0.1, 0.15) is 11.4 Å². The maximum atomic E-state index is 12.8. The molecule has 3 aromatic carbocycles. The molecule has 4 rings (SSSR count). The van der Waals surface area contributed by atoms with E-state index < -0.39 is 10.0 Å². The van der Waals surface area contributed by atoms with E-state index in [1.165, 1.54) is 18.7 Å². The molecule has 3 N–H and O–H groups in total. The van der Waals surface area contributed by atoms with E-state index >= 15 is 0 Å². The van der Waals surface area contributed by atoms with Crippen LogP contribution in [-0.4, -0.2) is 25.5 Å². The van der Waals surface area contributed by atoms with Gasteiger partial charge < -0.3 is 15.4 Å². The van der Waals surface area contributed by atoms with Crippen molar-refractivity contribution in [3.63, 3.8) is 0 Å². The first-order valence-corrected chi connectivity index (χ1v) is 12.0. The van der Waals surface area contributed by atoms with Gasteiger partial charge in [-0.2, -0.15) is 0 Å². The van der Waals surface area contributed by atoms with Gasteiger partial charge in [-0.15, -0.1) is 0 Å². The Labute approximate surface area is 199 Å². The van der Waals surface area contributed by atoms with Gasteiger partial charge in [0.25, 0.3) is 10.0 Å². The van der Waals surface area contributed by atoms with Gasteiger partial charge in [0.1, 0.15) is 28.1 Å². The number of aromatic nitrogens is 2. The normalized spacial score (nSPS) is 11.0. The van der Waals surface area contributed by atoms with E-state index in [-0.39, 0.29) is 10.6 Å². The number of nitrogens with one attached hydrogen (secondary N) is 3. The van der Waals surface area contributed by atoms with Crippen molar-refractivity contribution in [1.29, 1.82) is 0 Å². The van der Waals surface area contributed by atoms with Crippen LogP contribution >= 0.6 is 0 Å². The average Bonchev–Trinajstić information content (AvgIpc) is 2.81. The zero-order valence-electron chi connectivity index (χ0n) is 19.0. The van der Waals surface area contributed by atoms with Crippen LogP contribution in [0.25, 0.3) is 0 Å². The van der Waals surface area contributed by atoms with Crippen molar-refractivity contribution >= 4 is 38.7 Å². The topological polar surface area (TPSA) is 105 Å². The molecule has 0 unspecified atom stereocenters. The molecule has 9 heteroatoms. The van der Waals surface area contributed by atoms with Crippen molar-refractivity contribution in [1.82, 2.24) is 9.97 Å². The fraction of sp³-hybridized carbons (Fsp3) is 0.120. The summed E-state index contributed by atoms with van der Waals surface area (Å²) in [5, 5.41) is 6.51. The lowest BCUT2D eigenvalue weighted by Crippen LogP contribution is -2.14. The van der Waals surface area contributed by atoms with Gasteiger partial charge in [-0.05, 0) is 62.4 Å². The second kappa shape index (κ2) is 9.80. The minimum atomic E-state index is -3.80.